The second-order valence-electron chi connectivity index (χ2n) is 3.69. The van der Waals surface area contributed by atoms with E-state index in [0.717, 1.165) is 6.42 Å². The highest BCUT2D eigenvalue weighted by atomic mass is 35.5. The number of pyridine rings is 1. The van der Waals surface area contributed by atoms with Crippen molar-refractivity contribution < 1.29 is 9.53 Å². The van der Waals surface area contributed by atoms with Crippen molar-refractivity contribution in [2.24, 2.45) is 0 Å². The van der Waals surface area contributed by atoms with E-state index in [1.165, 1.54) is 17.5 Å². The summed E-state index contributed by atoms with van der Waals surface area (Å²) in [6, 6.07) is 5.14. The zero-order valence-corrected chi connectivity index (χ0v) is 11.4. The summed E-state index contributed by atoms with van der Waals surface area (Å²) in [6.45, 7) is 2.64. The first-order chi connectivity index (χ1) is 8.70. The van der Waals surface area contributed by atoms with Crippen molar-refractivity contribution in [2.75, 3.05) is 6.61 Å². The van der Waals surface area contributed by atoms with E-state index < -0.39 is 0 Å². The summed E-state index contributed by atoms with van der Waals surface area (Å²) in [4.78, 5) is 16.8. The molecular formula is C13H12ClNO2S. The van der Waals surface area contributed by atoms with Gasteiger partial charge >= 0.3 is 0 Å². The van der Waals surface area contributed by atoms with Crippen molar-refractivity contribution >= 4 is 28.7 Å². The van der Waals surface area contributed by atoms with Crippen LogP contribution in [0.25, 0.3) is 0 Å². The molecule has 2 heterocycles. The average Bonchev–Trinajstić information content (AvgIpc) is 2.82. The minimum Gasteiger partial charge on any atom is -0.492 e. The van der Waals surface area contributed by atoms with Crippen LogP contribution in [0.2, 0.25) is 4.34 Å². The number of ether oxygens (including phenoxy) is 1. The molecule has 0 saturated heterocycles. The molecule has 18 heavy (non-hydrogen) atoms. The molecule has 0 aliphatic heterocycles. The number of hydrogen-bond acceptors (Lipinski definition) is 4. The first-order valence-electron chi connectivity index (χ1n) is 5.58. The molecule has 0 N–H and O–H groups in total. The van der Waals surface area contributed by atoms with Crippen molar-refractivity contribution in [3.05, 3.63) is 45.4 Å². The van der Waals surface area contributed by atoms with Gasteiger partial charge in [-0.3, -0.25) is 9.78 Å². The van der Waals surface area contributed by atoms with E-state index >= 15 is 0 Å². The predicted octanol–water partition coefficient (Wildman–Crippen LogP) is 3.82. The van der Waals surface area contributed by atoms with Crippen LogP contribution in [0.4, 0.5) is 0 Å². The van der Waals surface area contributed by atoms with Gasteiger partial charge < -0.3 is 4.74 Å². The van der Waals surface area contributed by atoms with E-state index in [4.69, 9.17) is 16.3 Å². The van der Waals surface area contributed by atoms with E-state index in [1.54, 1.807) is 24.4 Å². The maximum absolute atomic E-state index is 12.1. The maximum Gasteiger partial charge on any atom is 0.204 e. The van der Waals surface area contributed by atoms with Crippen LogP contribution in [0.15, 0.2) is 30.6 Å². The molecule has 0 bridgehead atoms. The van der Waals surface area contributed by atoms with Crippen LogP contribution in [0.1, 0.15) is 28.6 Å². The van der Waals surface area contributed by atoms with E-state index in [0.29, 0.717) is 27.1 Å². The zero-order chi connectivity index (χ0) is 13.0. The third-order valence-corrected chi connectivity index (χ3v) is 3.48. The SMILES string of the molecule is CCCOc1cncc(C(=O)c2ccc(Cl)s2)c1. The highest BCUT2D eigenvalue weighted by Gasteiger charge is 2.12. The fourth-order valence-electron chi connectivity index (χ4n) is 1.42. The van der Waals surface area contributed by atoms with Crippen molar-refractivity contribution in [1.82, 2.24) is 4.98 Å². The Labute approximate surface area is 114 Å². The minimum absolute atomic E-state index is 0.0821. The molecule has 0 fully saturated rings. The third kappa shape index (κ3) is 3.09. The number of carbonyl (C=O) groups excluding carboxylic acids is 1. The number of rotatable bonds is 5. The highest BCUT2D eigenvalue weighted by molar-refractivity contribution is 7.18. The van der Waals surface area contributed by atoms with Crippen LogP contribution in [0, 0.1) is 0 Å². The summed E-state index contributed by atoms with van der Waals surface area (Å²) in [6.07, 6.45) is 4.06. The molecule has 5 heteroatoms. The van der Waals surface area contributed by atoms with Crippen molar-refractivity contribution in [3.63, 3.8) is 0 Å². The zero-order valence-electron chi connectivity index (χ0n) is 9.85. The Kier molecular flexibility index (Phi) is 4.33. The Morgan fingerprint density at radius 2 is 2.28 bits per heavy atom. The number of ketones is 1. The Morgan fingerprint density at radius 3 is 2.94 bits per heavy atom. The van der Waals surface area contributed by atoms with E-state index in [9.17, 15) is 4.79 Å². The number of nitrogens with zero attached hydrogens (tertiary/aromatic N) is 1. The molecule has 0 aliphatic carbocycles. The van der Waals surface area contributed by atoms with E-state index in [1.807, 2.05) is 6.92 Å². The van der Waals surface area contributed by atoms with Gasteiger partial charge in [-0.1, -0.05) is 18.5 Å². The standard InChI is InChI=1S/C13H12ClNO2S/c1-2-5-17-10-6-9(7-15-8-10)13(16)11-3-4-12(14)18-11/h3-4,6-8H,2,5H2,1H3. The molecule has 0 radical (unpaired) electrons. The lowest BCUT2D eigenvalue weighted by molar-refractivity contribution is 0.104. The Hall–Kier alpha value is -1.39. The summed E-state index contributed by atoms with van der Waals surface area (Å²) < 4.78 is 6.05. The molecule has 0 amide bonds. The molecule has 3 nitrogen and oxygen atoms in total. The fourth-order valence-corrected chi connectivity index (χ4v) is 2.43. The highest BCUT2D eigenvalue weighted by Crippen LogP contribution is 2.24. The number of hydrogen-bond donors (Lipinski definition) is 0. The molecule has 0 spiro atoms. The summed E-state index contributed by atoms with van der Waals surface area (Å²) >= 11 is 7.08. The van der Waals surface area contributed by atoms with Crippen LogP contribution in [0.5, 0.6) is 5.75 Å². The Morgan fingerprint density at radius 1 is 1.44 bits per heavy atom. The van der Waals surface area contributed by atoms with Crippen molar-refractivity contribution in [2.45, 2.75) is 13.3 Å². The molecule has 0 aliphatic rings. The number of aromatic nitrogens is 1. The normalized spacial score (nSPS) is 10.3. The largest absolute Gasteiger partial charge is 0.492 e. The second kappa shape index (κ2) is 5.98. The lowest BCUT2D eigenvalue weighted by Gasteiger charge is -2.05. The van der Waals surface area contributed by atoms with Gasteiger partial charge in [0.25, 0.3) is 0 Å². The number of halogens is 1. The molecule has 94 valence electrons. The summed E-state index contributed by atoms with van der Waals surface area (Å²) in [5, 5.41) is 0. The summed E-state index contributed by atoms with van der Waals surface area (Å²) in [5.41, 5.74) is 0.516. The molecule has 2 rings (SSSR count). The second-order valence-corrected chi connectivity index (χ2v) is 5.41. The monoisotopic (exact) mass is 281 g/mol. The molecule has 2 aromatic heterocycles. The quantitative estimate of drug-likeness (QED) is 0.782. The Bertz CT molecular complexity index is 553. The van der Waals surface area contributed by atoms with Gasteiger partial charge in [-0.05, 0) is 24.6 Å². The summed E-state index contributed by atoms with van der Waals surface area (Å²) in [5.74, 6) is 0.534. The van der Waals surface area contributed by atoms with E-state index in [-0.39, 0.29) is 5.78 Å². The topological polar surface area (TPSA) is 39.2 Å². The molecular weight excluding hydrogens is 270 g/mol. The van der Waals surface area contributed by atoms with Gasteiger partial charge in [0.15, 0.2) is 0 Å². The summed E-state index contributed by atoms with van der Waals surface area (Å²) in [7, 11) is 0. The molecule has 0 atom stereocenters. The smallest absolute Gasteiger partial charge is 0.204 e. The number of thiophene rings is 1. The van der Waals surface area contributed by atoms with Crippen LogP contribution in [-0.2, 0) is 0 Å². The maximum atomic E-state index is 12.1. The van der Waals surface area contributed by atoms with Crippen molar-refractivity contribution in [1.29, 1.82) is 0 Å². The number of carbonyl (C=O) groups is 1. The Balaban J connectivity index is 2.20. The van der Waals surface area contributed by atoms with E-state index in [2.05, 4.69) is 4.98 Å². The average molecular weight is 282 g/mol. The van der Waals surface area contributed by atoms with Crippen LogP contribution in [0.3, 0.4) is 0 Å². The first kappa shape index (κ1) is 13.1. The minimum atomic E-state index is -0.0821. The van der Waals surface area contributed by atoms with Gasteiger partial charge in [0.1, 0.15) is 5.75 Å². The van der Waals surface area contributed by atoms with Gasteiger partial charge in [-0.25, -0.2) is 0 Å². The molecule has 0 unspecified atom stereocenters. The lowest BCUT2D eigenvalue weighted by Crippen LogP contribution is -2.01. The molecule has 0 aromatic carbocycles. The van der Waals surface area contributed by atoms with Gasteiger partial charge in [0.2, 0.25) is 5.78 Å². The van der Waals surface area contributed by atoms with Crippen LogP contribution < -0.4 is 4.74 Å². The fraction of sp³-hybridized carbons (Fsp3) is 0.231. The van der Waals surface area contributed by atoms with Gasteiger partial charge in [0, 0.05) is 11.8 Å². The lowest BCUT2D eigenvalue weighted by atomic mass is 10.1. The molecule has 2 aromatic rings. The van der Waals surface area contributed by atoms with Gasteiger partial charge in [-0.2, -0.15) is 0 Å². The van der Waals surface area contributed by atoms with Crippen molar-refractivity contribution in [3.8, 4) is 5.75 Å². The first-order valence-corrected chi connectivity index (χ1v) is 6.78. The van der Waals surface area contributed by atoms with Crippen LogP contribution >= 0.6 is 22.9 Å². The predicted molar refractivity (Wildman–Crippen MR) is 72.8 cm³/mol. The van der Waals surface area contributed by atoms with Gasteiger partial charge in [0.05, 0.1) is 22.0 Å². The van der Waals surface area contributed by atoms with Gasteiger partial charge in [-0.15, -0.1) is 11.3 Å². The van der Waals surface area contributed by atoms with Crippen LogP contribution in [-0.4, -0.2) is 17.4 Å². The third-order valence-electron chi connectivity index (χ3n) is 2.25. The molecule has 0 saturated carbocycles.